The van der Waals surface area contributed by atoms with Gasteiger partial charge in [-0.15, -0.1) is 0 Å². The third-order valence-electron chi connectivity index (χ3n) is 1.37. The van der Waals surface area contributed by atoms with Crippen molar-refractivity contribution in [3.8, 4) is 11.3 Å². The first-order valence-corrected chi connectivity index (χ1v) is 3.23. The number of aromatic amines is 1. The zero-order valence-corrected chi connectivity index (χ0v) is 5.73. The molecule has 0 atom stereocenters. The Labute approximate surface area is 63.3 Å². The van der Waals surface area contributed by atoms with Crippen molar-refractivity contribution in [2.24, 2.45) is 0 Å². The maximum Gasteiger partial charge on any atom is 0.0961 e. The fraction of sp³-hybridized carbons (Fsp3) is 0. The molecule has 54 valence electrons. The van der Waals surface area contributed by atoms with E-state index in [1.165, 1.54) is 0 Å². The molecule has 0 spiro atoms. The monoisotopic (exact) mass is 146 g/mol. The molecule has 0 bridgehead atoms. The van der Waals surface area contributed by atoms with Crippen LogP contribution in [0.2, 0.25) is 0 Å². The molecule has 0 saturated heterocycles. The number of nitrogens with one attached hydrogen (secondary N) is 1. The van der Waals surface area contributed by atoms with Crippen molar-refractivity contribution in [3.05, 3.63) is 30.7 Å². The van der Waals surface area contributed by atoms with Gasteiger partial charge < -0.3 is 0 Å². The Bertz CT molecular complexity index is 313. The minimum absolute atomic E-state index is 0.834. The topological polar surface area (TPSA) is 54.5 Å². The molecule has 4 nitrogen and oxygen atoms in total. The zero-order chi connectivity index (χ0) is 7.52. The fourth-order valence-corrected chi connectivity index (χ4v) is 0.846. The molecule has 0 amide bonds. The van der Waals surface area contributed by atoms with E-state index in [0.29, 0.717) is 0 Å². The first kappa shape index (κ1) is 6.03. The molecule has 0 aromatic carbocycles. The van der Waals surface area contributed by atoms with E-state index in [4.69, 9.17) is 0 Å². The summed E-state index contributed by atoms with van der Waals surface area (Å²) in [5, 5.41) is 14.2. The summed E-state index contributed by atoms with van der Waals surface area (Å²) in [6.45, 7) is 0. The molecule has 0 aliphatic carbocycles. The number of H-pyrrole nitrogens is 1. The van der Waals surface area contributed by atoms with Crippen molar-refractivity contribution in [1.29, 1.82) is 0 Å². The molecule has 0 radical (unpaired) electrons. The molecule has 0 aliphatic rings. The minimum Gasteiger partial charge on any atom is -0.285 e. The summed E-state index contributed by atoms with van der Waals surface area (Å²) < 4.78 is 0. The third kappa shape index (κ3) is 1.10. The number of hydrogen-bond donors (Lipinski definition) is 1. The molecule has 11 heavy (non-hydrogen) atoms. The molecule has 0 fully saturated rings. The first-order valence-electron chi connectivity index (χ1n) is 3.23. The van der Waals surface area contributed by atoms with Gasteiger partial charge in [0.05, 0.1) is 11.9 Å². The van der Waals surface area contributed by atoms with E-state index < -0.39 is 0 Å². The number of hydrogen-bond acceptors (Lipinski definition) is 3. The molecule has 2 aromatic heterocycles. The Morgan fingerprint density at radius 3 is 3.00 bits per heavy atom. The van der Waals surface area contributed by atoms with Gasteiger partial charge in [-0.2, -0.15) is 15.3 Å². The van der Waals surface area contributed by atoms with E-state index in [1.54, 1.807) is 18.6 Å². The quantitative estimate of drug-likeness (QED) is 0.649. The highest BCUT2D eigenvalue weighted by atomic mass is 15.1. The summed E-state index contributed by atoms with van der Waals surface area (Å²) >= 11 is 0. The van der Waals surface area contributed by atoms with Gasteiger partial charge in [-0.25, -0.2) is 0 Å². The lowest BCUT2D eigenvalue weighted by molar-refractivity contribution is 1.04. The maximum atomic E-state index is 3.91. The highest BCUT2D eigenvalue weighted by molar-refractivity contribution is 5.55. The second-order valence-corrected chi connectivity index (χ2v) is 2.10. The van der Waals surface area contributed by atoms with Gasteiger partial charge in [0, 0.05) is 18.0 Å². The Morgan fingerprint density at radius 2 is 2.36 bits per heavy atom. The van der Waals surface area contributed by atoms with Crippen molar-refractivity contribution in [2.75, 3.05) is 0 Å². The summed E-state index contributed by atoms with van der Waals surface area (Å²) in [4.78, 5) is 0. The van der Waals surface area contributed by atoms with Crippen LogP contribution in [0.5, 0.6) is 0 Å². The van der Waals surface area contributed by atoms with Crippen LogP contribution in [0.15, 0.2) is 30.7 Å². The fourth-order valence-electron chi connectivity index (χ4n) is 0.846. The van der Waals surface area contributed by atoms with E-state index in [-0.39, 0.29) is 0 Å². The number of aromatic nitrogens is 4. The second-order valence-electron chi connectivity index (χ2n) is 2.10. The summed E-state index contributed by atoms with van der Waals surface area (Å²) in [6.07, 6.45) is 5.14. The lowest BCUT2D eigenvalue weighted by atomic mass is 10.2. The van der Waals surface area contributed by atoms with Gasteiger partial charge in [0.1, 0.15) is 0 Å². The van der Waals surface area contributed by atoms with Gasteiger partial charge in [0.2, 0.25) is 0 Å². The first-order chi connectivity index (χ1) is 5.47. The summed E-state index contributed by atoms with van der Waals surface area (Å²) in [7, 11) is 0. The van der Waals surface area contributed by atoms with Crippen LogP contribution in [0.4, 0.5) is 0 Å². The molecule has 0 aliphatic heterocycles. The Kier molecular flexibility index (Phi) is 1.37. The SMILES string of the molecule is c1cnnc(-c2cn[nH]c2)c1. The largest absolute Gasteiger partial charge is 0.285 e. The van der Waals surface area contributed by atoms with E-state index in [0.717, 1.165) is 11.3 Å². The molecule has 2 rings (SSSR count). The molecular weight excluding hydrogens is 140 g/mol. The molecule has 0 unspecified atom stereocenters. The zero-order valence-electron chi connectivity index (χ0n) is 5.73. The van der Waals surface area contributed by atoms with Gasteiger partial charge in [-0.1, -0.05) is 0 Å². The van der Waals surface area contributed by atoms with Crippen LogP contribution in [0, 0.1) is 0 Å². The van der Waals surface area contributed by atoms with Crippen LogP contribution in [0.1, 0.15) is 0 Å². The Balaban J connectivity index is 2.46. The van der Waals surface area contributed by atoms with Crippen LogP contribution < -0.4 is 0 Å². The molecule has 2 aromatic rings. The average molecular weight is 146 g/mol. The van der Waals surface area contributed by atoms with Gasteiger partial charge >= 0.3 is 0 Å². The summed E-state index contributed by atoms with van der Waals surface area (Å²) in [6, 6.07) is 3.73. The van der Waals surface area contributed by atoms with Crippen molar-refractivity contribution < 1.29 is 0 Å². The number of rotatable bonds is 1. The van der Waals surface area contributed by atoms with Crippen LogP contribution in [0.3, 0.4) is 0 Å². The normalized spacial score (nSPS) is 9.82. The molecular formula is C7H6N4. The third-order valence-corrected chi connectivity index (χ3v) is 1.37. The summed E-state index contributed by atoms with van der Waals surface area (Å²) in [5.74, 6) is 0. The predicted molar refractivity (Wildman–Crippen MR) is 39.6 cm³/mol. The van der Waals surface area contributed by atoms with Gasteiger partial charge in [-0.3, -0.25) is 5.10 Å². The predicted octanol–water partition coefficient (Wildman–Crippen LogP) is 0.867. The van der Waals surface area contributed by atoms with E-state index in [2.05, 4.69) is 20.4 Å². The van der Waals surface area contributed by atoms with Gasteiger partial charge in [0.25, 0.3) is 0 Å². The standard InChI is InChI=1S/C7H6N4/c1-2-7(11-8-3-1)6-4-9-10-5-6/h1-5H,(H,9,10). The average Bonchev–Trinajstić information content (AvgIpc) is 2.58. The van der Waals surface area contributed by atoms with Crippen molar-refractivity contribution in [1.82, 2.24) is 20.4 Å². The molecule has 4 heteroatoms. The lowest BCUT2D eigenvalue weighted by Gasteiger charge is -1.89. The molecule has 2 heterocycles. The molecule has 0 saturated carbocycles. The Hall–Kier alpha value is -1.71. The minimum atomic E-state index is 0.834. The highest BCUT2D eigenvalue weighted by Gasteiger charge is 1.97. The van der Waals surface area contributed by atoms with Crippen LogP contribution in [-0.2, 0) is 0 Å². The van der Waals surface area contributed by atoms with E-state index in [9.17, 15) is 0 Å². The van der Waals surface area contributed by atoms with Crippen LogP contribution >= 0.6 is 0 Å². The maximum absolute atomic E-state index is 3.91. The molecule has 1 N–H and O–H groups in total. The van der Waals surface area contributed by atoms with E-state index in [1.807, 2.05) is 12.1 Å². The lowest BCUT2D eigenvalue weighted by Crippen LogP contribution is -1.82. The van der Waals surface area contributed by atoms with E-state index >= 15 is 0 Å². The van der Waals surface area contributed by atoms with Crippen molar-refractivity contribution in [2.45, 2.75) is 0 Å². The highest BCUT2D eigenvalue weighted by Crippen LogP contribution is 2.11. The van der Waals surface area contributed by atoms with Crippen LogP contribution in [-0.4, -0.2) is 20.4 Å². The van der Waals surface area contributed by atoms with Crippen molar-refractivity contribution >= 4 is 0 Å². The van der Waals surface area contributed by atoms with Gasteiger partial charge in [-0.05, 0) is 12.1 Å². The van der Waals surface area contributed by atoms with Crippen molar-refractivity contribution in [3.63, 3.8) is 0 Å². The van der Waals surface area contributed by atoms with Crippen LogP contribution in [0.25, 0.3) is 11.3 Å². The Morgan fingerprint density at radius 1 is 1.36 bits per heavy atom. The second kappa shape index (κ2) is 2.49. The smallest absolute Gasteiger partial charge is 0.0961 e. The summed E-state index contributed by atoms with van der Waals surface area (Å²) in [5.41, 5.74) is 1.79. The van der Waals surface area contributed by atoms with Gasteiger partial charge in [0.15, 0.2) is 0 Å². The number of nitrogens with zero attached hydrogens (tertiary/aromatic N) is 3.